The van der Waals surface area contributed by atoms with Crippen LogP contribution in [-0.2, 0) is 0 Å². The first kappa shape index (κ1) is 12.2. The van der Waals surface area contributed by atoms with E-state index in [1.807, 2.05) is 7.05 Å². The van der Waals surface area contributed by atoms with Gasteiger partial charge in [-0.3, -0.25) is 0 Å². The molecule has 0 saturated carbocycles. The predicted molar refractivity (Wildman–Crippen MR) is 72.2 cm³/mol. The molecule has 1 heterocycles. The summed E-state index contributed by atoms with van der Waals surface area (Å²) in [6.45, 7) is 2.22. The number of ether oxygens (including phenoxy) is 1. The monoisotopic (exact) mass is 234 g/mol. The van der Waals surface area contributed by atoms with Gasteiger partial charge in [0, 0.05) is 19.3 Å². The summed E-state index contributed by atoms with van der Waals surface area (Å²) in [6, 6.07) is 6.43. The summed E-state index contributed by atoms with van der Waals surface area (Å²) in [5.41, 5.74) is 2.80. The summed E-state index contributed by atoms with van der Waals surface area (Å²) in [4.78, 5) is 2.34. The maximum absolute atomic E-state index is 5.33. The molecule has 0 amide bonds. The Labute approximate surface area is 104 Å². The zero-order valence-electron chi connectivity index (χ0n) is 11.0. The standard InChI is InChI=1S/C14H22N2O/c1-15-8-6-11-7-9-16(2)14-5-4-12(17-3)10-13(11)14/h4-5,10-11,15H,6-9H2,1-3H3. The van der Waals surface area contributed by atoms with Gasteiger partial charge in [-0.15, -0.1) is 0 Å². The lowest BCUT2D eigenvalue weighted by molar-refractivity contribution is 0.412. The minimum Gasteiger partial charge on any atom is -0.497 e. The molecule has 1 atom stereocenters. The van der Waals surface area contributed by atoms with Crippen LogP contribution in [0.2, 0.25) is 0 Å². The van der Waals surface area contributed by atoms with Crippen molar-refractivity contribution in [1.82, 2.24) is 5.32 Å². The molecule has 0 aliphatic carbocycles. The fourth-order valence-corrected chi connectivity index (χ4v) is 2.58. The third kappa shape index (κ3) is 2.55. The Balaban J connectivity index is 2.28. The fraction of sp³-hybridized carbons (Fsp3) is 0.571. The molecule has 1 aromatic carbocycles. The van der Waals surface area contributed by atoms with Gasteiger partial charge in [0.2, 0.25) is 0 Å². The van der Waals surface area contributed by atoms with E-state index in [0.717, 1.165) is 18.8 Å². The van der Waals surface area contributed by atoms with Crippen LogP contribution in [0.5, 0.6) is 5.75 Å². The molecule has 0 aromatic heterocycles. The SMILES string of the molecule is CNCCC1CCN(C)c2ccc(OC)cc21. The van der Waals surface area contributed by atoms with Crippen LogP contribution in [0.15, 0.2) is 18.2 Å². The maximum Gasteiger partial charge on any atom is 0.119 e. The molecular formula is C14H22N2O. The van der Waals surface area contributed by atoms with Gasteiger partial charge in [0.1, 0.15) is 5.75 Å². The van der Waals surface area contributed by atoms with Crippen molar-refractivity contribution in [1.29, 1.82) is 0 Å². The van der Waals surface area contributed by atoms with Gasteiger partial charge in [-0.25, -0.2) is 0 Å². The quantitative estimate of drug-likeness (QED) is 0.864. The largest absolute Gasteiger partial charge is 0.497 e. The second-order valence-corrected chi connectivity index (χ2v) is 4.72. The van der Waals surface area contributed by atoms with Crippen molar-refractivity contribution < 1.29 is 4.74 Å². The summed E-state index contributed by atoms with van der Waals surface area (Å²) >= 11 is 0. The first-order valence-corrected chi connectivity index (χ1v) is 6.30. The Morgan fingerprint density at radius 3 is 3.00 bits per heavy atom. The number of benzene rings is 1. The molecule has 1 N–H and O–H groups in total. The Kier molecular flexibility index (Phi) is 3.89. The first-order valence-electron chi connectivity index (χ1n) is 6.30. The minimum absolute atomic E-state index is 0.656. The summed E-state index contributed by atoms with van der Waals surface area (Å²) in [5.74, 6) is 1.62. The normalized spacial score (nSPS) is 19.0. The molecule has 0 spiro atoms. The van der Waals surface area contributed by atoms with Gasteiger partial charge >= 0.3 is 0 Å². The second-order valence-electron chi connectivity index (χ2n) is 4.72. The summed E-state index contributed by atoms with van der Waals surface area (Å²) < 4.78 is 5.33. The van der Waals surface area contributed by atoms with Gasteiger partial charge in [0.05, 0.1) is 7.11 Å². The Morgan fingerprint density at radius 1 is 1.47 bits per heavy atom. The Bertz CT molecular complexity index is 378. The number of nitrogens with zero attached hydrogens (tertiary/aromatic N) is 1. The number of methoxy groups -OCH3 is 1. The zero-order valence-corrected chi connectivity index (χ0v) is 11.0. The van der Waals surface area contributed by atoms with E-state index in [-0.39, 0.29) is 0 Å². The zero-order chi connectivity index (χ0) is 12.3. The van der Waals surface area contributed by atoms with Gasteiger partial charge in [0.15, 0.2) is 0 Å². The number of fused-ring (bicyclic) bond motifs is 1. The maximum atomic E-state index is 5.33. The van der Waals surface area contributed by atoms with Crippen molar-refractivity contribution in [2.24, 2.45) is 0 Å². The lowest BCUT2D eigenvalue weighted by Gasteiger charge is -2.33. The van der Waals surface area contributed by atoms with E-state index in [1.165, 1.54) is 24.1 Å². The van der Waals surface area contributed by atoms with Crippen molar-refractivity contribution in [2.45, 2.75) is 18.8 Å². The Morgan fingerprint density at radius 2 is 2.29 bits per heavy atom. The lowest BCUT2D eigenvalue weighted by atomic mass is 9.87. The number of rotatable bonds is 4. The van der Waals surface area contributed by atoms with Crippen LogP contribution in [0.3, 0.4) is 0 Å². The average Bonchev–Trinajstić information content (AvgIpc) is 2.37. The highest BCUT2D eigenvalue weighted by Crippen LogP contribution is 2.38. The topological polar surface area (TPSA) is 24.5 Å². The van der Waals surface area contributed by atoms with Crippen LogP contribution in [-0.4, -0.2) is 34.3 Å². The van der Waals surface area contributed by atoms with Crippen LogP contribution < -0.4 is 15.0 Å². The second kappa shape index (κ2) is 5.41. The Hall–Kier alpha value is -1.22. The van der Waals surface area contributed by atoms with E-state index in [0.29, 0.717) is 5.92 Å². The molecule has 1 aliphatic rings. The van der Waals surface area contributed by atoms with Gasteiger partial charge < -0.3 is 15.0 Å². The molecule has 0 saturated heterocycles. The van der Waals surface area contributed by atoms with E-state index in [4.69, 9.17) is 4.74 Å². The predicted octanol–water partition coefficient (Wildman–Crippen LogP) is 2.23. The molecule has 0 fully saturated rings. The number of nitrogens with one attached hydrogen (secondary N) is 1. The average molecular weight is 234 g/mol. The molecule has 1 unspecified atom stereocenters. The van der Waals surface area contributed by atoms with Gasteiger partial charge in [-0.1, -0.05) is 0 Å². The van der Waals surface area contributed by atoms with Gasteiger partial charge in [0.25, 0.3) is 0 Å². The van der Waals surface area contributed by atoms with Crippen LogP contribution >= 0.6 is 0 Å². The lowest BCUT2D eigenvalue weighted by Crippen LogP contribution is -2.28. The summed E-state index contributed by atoms with van der Waals surface area (Å²) in [7, 11) is 5.91. The van der Waals surface area contributed by atoms with Crippen molar-refractivity contribution in [3.8, 4) is 5.75 Å². The van der Waals surface area contributed by atoms with Gasteiger partial charge in [-0.05, 0) is 56.1 Å². The molecule has 1 aromatic rings. The smallest absolute Gasteiger partial charge is 0.119 e. The molecular weight excluding hydrogens is 212 g/mol. The van der Waals surface area contributed by atoms with Crippen molar-refractivity contribution in [3.63, 3.8) is 0 Å². The molecule has 17 heavy (non-hydrogen) atoms. The molecule has 94 valence electrons. The van der Waals surface area contributed by atoms with Crippen LogP contribution in [0.1, 0.15) is 24.3 Å². The molecule has 0 bridgehead atoms. The fourth-order valence-electron chi connectivity index (χ4n) is 2.58. The first-order chi connectivity index (χ1) is 8.26. The molecule has 1 aliphatic heterocycles. The number of hydrogen-bond acceptors (Lipinski definition) is 3. The van der Waals surface area contributed by atoms with E-state index < -0.39 is 0 Å². The molecule has 0 radical (unpaired) electrons. The van der Waals surface area contributed by atoms with E-state index >= 15 is 0 Å². The van der Waals surface area contributed by atoms with E-state index in [1.54, 1.807) is 7.11 Å². The highest BCUT2D eigenvalue weighted by molar-refractivity contribution is 5.59. The van der Waals surface area contributed by atoms with Gasteiger partial charge in [-0.2, -0.15) is 0 Å². The summed E-state index contributed by atoms with van der Waals surface area (Å²) in [6.07, 6.45) is 2.43. The van der Waals surface area contributed by atoms with Crippen molar-refractivity contribution in [3.05, 3.63) is 23.8 Å². The number of hydrogen-bond donors (Lipinski definition) is 1. The molecule has 3 nitrogen and oxygen atoms in total. The van der Waals surface area contributed by atoms with E-state index in [9.17, 15) is 0 Å². The summed E-state index contributed by atoms with van der Waals surface area (Å²) in [5, 5.41) is 3.24. The molecule has 2 rings (SSSR count). The molecule has 3 heteroatoms. The van der Waals surface area contributed by atoms with Crippen LogP contribution in [0.25, 0.3) is 0 Å². The minimum atomic E-state index is 0.656. The third-order valence-corrected chi connectivity index (χ3v) is 3.64. The highest BCUT2D eigenvalue weighted by atomic mass is 16.5. The van der Waals surface area contributed by atoms with Crippen LogP contribution in [0, 0.1) is 0 Å². The third-order valence-electron chi connectivity index (χ3n) is 3.64. The van der Waals surface area contributed by atoms with E-state index in [2.05, 4.69) is 35.5 Å². The number of anilines is 1. The van der Waals surface area contributed by atoms with Crippen molar-refractivity contribution >= 4 is 5.69 Å². The van der Waals surface area contributed by atoms with Crippen LogP contribution in [0.4, 0.5) is 5.69 Å². The highest BCUT2D eigenvalue weighted by Gasteiger charge is 2.23. The van der Waals surface area contributed by atoms with Crippen molar-refractivity contribution in [2.75, 3.05) is 39.2 Å².